The number of amides is 1. The fourth-order valence-corrected chi connectivity index (χ4v) is 2.51. The summed E-state index contributed by atoms with van der Waals surface area (Å²) < 4.78 is 16.8. The van der Waals surface area contributed by atoms with E-state index < -0.39 is 17.6 Å². The van der Waals surface area contributed by atoms with Crippen molar-refractivity contribution in [1.82, 2.24) is 0 Å². The number of benzene rings is 2. The second kappa shape index (κ2) is 9.50. The highest BCUT2D eigenvalue weighted by Crippen LogP contribution is 2.39. The molecular weight excluding hydrogens is 366 g/mol. The Balaban J connectivity index is 2.36. The fourth-order valence-electron chi connectivity index (χ4n) is 2.51. The van der Waals surface area contributed by atoms with Gasteiger partial charge >= 0.3 is 5.97 Å². The summed E-state index contributed by atoms with van der Waals surface area (Å²) in [7, 11) is 0. The van der Waals surface area contributed by atoms with Crippen LogP contribution in [0.1, 0.15) is 41.5 Å². The molecule has 0 spiro atoms. The van der Waals surface area contributed by atoms with E-state index in [2.05, 4.69) is 5.32 Å². The molecular formula is C20H23NO7. The Morgan fingerprint density at radius 2 is 1.50 bits per heavy atom. The molecule has 8 nitrogen and oxygen atoms in total. The zero-order chi connectivity index (χ0) is 20.7. The van der Waals surface area contributed by atoms with E-state index >= 15 is 0 Å². The van der Waals surface area contributed by atoms with E-state index in [0.29, 0.717) is 37.1 Å². The van der Waals surface area contributed by atoms with Gasteiger partial charge in [-0.1, -0.05) is 0 Å². The maximum Gasteiger partial charge on any atom is 0.339 e. The Kier molecular flexibility index (Phi) is 7.08. The van der Waals surface area contributed by atoms with Gasteiger partial charge in [0.2, 0.25) is 5.75 Å². The van der Waals surface area contributed by atoms with Crippen molar-refractivity contribution >= 4 is 17.6 Å². The van der Waals surface area contributed by atoms with Gasteiger partial charge in [0.25, 0.3) is 5.91 Å². The molecule has 0 radical (unpaired) electrons. The molecule has 0 saturated carbocycles. The molecule has 0 aliphatic rings. The Bertz CT molecular complexity index is 837. The minimum absolute atomic E-state index is 0.248. The molecule has 2 rings (SSSR count). The van der Waals surface area contributed by atoms with E-state index in [4.69, 9.17) is 19.3 Å². The number of aromatic hydroxyl groups is 1. The SMILES string of the molecule is CCOc1cc(C(=O)Nc2ccc(C(=O)O)c(O)c2)cc(OCC)c1OCC. The predicted molar refractivity (Wildman–Crippen MR) is 103 cm³/mol. The van der Waals surface area contributed by atoms with Crippen molar-refractivity contribution in [3.63, 3.8) is 0 Å². The lowest BCUT2D eigenvalue weighted by molar-refractivity contribution is 0.0693. The van der Waals surface area contributed by atoms with Crippen molar-refractivity contribution in [2.24, 2.45) is 0 Å². The van der Waals surface area contributed by atoms with Gasteiger partial charge in [0.05, 0.1) is 19.8 Å². The first-order valence-electron chi connectivity index (χ1n) is 8.85. The van der Waals surface area contributed by atoms with Crippen LogP contribution in [-0.4, -0.2) is 41.9 Å². The Morgan fingerprint density at radius 3 is 1.96 bits per heavy atom. The number of hydrogen-bond donors (Lipinski definition) is 3. The number of carbonyl (C=O) groups is 2. The second-order valence-corrected chi connectivity index (χ2v) is 5.59. The molecule has 0 heterocycles. The number of hydrogen-bond acceptors (Lipinski definition) is 6. The van der Waals surface area contributed by atoms with Gasteiger partial charge in [-0.15, -0.1) is 0 Å². The summed E-state index contributed by atoms with van der Waals surface area (Å²) in [6.07, 6.45) is 0. The van der Waals surface area contributed by atoms with Crippen LogP contribution >= 0.6 is 0 Å². The Morgan fingerprint density at radius 1 is 0.929 bits per heavy atom. The highest BCUT2D eigenvalue weighted by molar-refractivity contribution is 6.05. The van der Waals surface area contributed by atoms with Crippen molar-refractivity contribution in [3.05, 3.63) is 41.5 Å². The van der Waals surface area contributed by atoms with Crippen molar-refractivity contribution in [1.29, 1.82) is 0 Å². The normalized spacial score (nSPS) is 10.2. The van der Waals surface area contributed by atoms with Gasteiger partial charge < -0.3 is 29.7 Å². The molecule has 1 amide bonds. The second-order valence-electron chi connectivity index (χ2n) is 5.59. The summed E-state index contributed by atoms with van der Waals surface area (Å²) in [5, 5.41) is 21.4. The molecule has 0 saturated heterocycles. The number of carboxylic acid groups (broad SMARTS) is 1. The molecule has 0 aromatic heterocycles. The summed E-state index contributed by atoms with van der Waals surface area (Å²) in [5.41, 5.74) is 0.255. The van der Waals surface area contributed by atoms with Crippen molar-refractivity contribution < 1.29 is 34.0 Å². The van der Waals surface area contributed by atoms with E-state index in [0.717, 1.165) is 0 Å². The van der Waals surface area contributed by atoms with Crippen LogP contribution in [0.4, 0.5) is 5.69 Å². The van der Waals surface area contributed by atoms with Crippen LogP contribution in [0.2, 0.25) is 0 Å². The molecule has 3 N–H and O–H groups in total. The highest BCUT2D eigenvalue weighted by Gasteiger charge is 2.19. The van der Waals surface area contributed by atoms with Crippen LogP contribution in [0.25, 0.3) is 0 Å². The summed E-state index contributed by atoms with van der Waals surface area (Å²) in [5.74, 6) is -1.00. The van der Waals surface area contributed by atoms with Gasteiger partial charge in [0, 0.05) is 17.3 Å². The highest BCUT2D eigenvalue weighted by atomic mass is 16.5. The van der Waals surface area contributed by atoms with Gasteiger partial charge in [-0.2, -0.15) is 0 Å². The average Bonchev–Trinajstić information content (AvgIpc) is 2.64. The number of aromatic carboxylic acids is 1. The van der Waals surface area contributed by atoms with Crippen LogP contribution in [0.3, 0.4) is 0 Å². The first-order valence-corrected chi connectivity index (χ1v) is 8.85. The average molecular weight is 389 g/mol. The molecule has 0 atom stereocenters. The lowest BCUT2D eigenvalue weighted by atomic mass is 10.1. The topological polar surface area (TPSA) is 114 Å². The first kappa shape index (κ1) is 20.9. The third-order valence-corrected chi connectivity index (χ3v) is 3.66. The van der Waals surface area contributed by atoms with Gasteiger partial charge in [0.1, 0.15) is 11.3 Å². The lowest BCUT2D eigenvalue weighted by Gasteiger charge is -2.17. The third kappa shape index (κ3) is 4.85. The van der Waals surface area contributed by atoms with E-state index in [9.17, 15) is 14.7 Å². The zero-order valence-electron chi connectivity index (χ0n) is 15.9. The minimum Gasteiger partial charge on any atom is -0.507 e. The van der Waals surface area contributed by atoms with Crippen molar-refractivity contribution in [2.45, 2.75) is 20.8 Å². The first-order chi connectivity index (χ1) is 13.4. The molecule has 28 heavy (non-hydrogen) atoms. The molecule has 0 aliphatic carbocycles. The van der Waals surface area contributed by atoms with E-state index in [-0.39, 0.29) is 16.8 Å². The summed E-state index contributed by atoms with van der Waals surface area (Å²) in [6.45, 7) is 6.62. The standard InChI is InChI=1S/C20H23NO7/c1-4-26-16-9-12(10-17(27-5-2)18(16)28-6-3)19(23)21-13-7-8-14(20(24)25)15(22)11-13/h7-11,22H,4-6H2,1-3H3,(H,21,23)(H,24,25). The third-order valence-electron chi connectivity index (χ3n) is 3.66. The monoisotopic (exact) mass is 389 g/mol. The Hall–Kier alpha value is -3.42. The molecule has 0 aliphatic heterocycles. The van der Waals surface area contributed by atoms with Crippen LogP contribution in [0.5, 0.6) is 23.0 Å². The number of nitrogens with one attached hydrogen (secondary N) is 1. The summed E-state index contributed by atoms with van der Waals surface area (Å²) in [6, 6.07) is 6.85. The predicted octanol–water partition coefficient (Wildman–Crippen LogP) is 3.54. The number of rotatable bonds is 9. The molecule has 8 heteroatoms. The van der Waals surface area contributed by atoms with Crippen LogP contribution in [0.15, 0.2) is 30.3 Å². The van der Waals surface area contributed by atoms with Crippen LogP contribution < -0.4 is 19.5 Å². The van der Waals surface area contributed by atoms with Crippen LogP contribution in [-0.2, 0) is 0 Å². The van der Waals surface area contributed by atoms with E-state index in [1.54, 1.807) is 0 Å². The van der Waals surface area contributed by atoms with Crippen molar-refractivity contribution in [3.8, 4) is 23.0 Å². The maximum atomic E-state index is 12.7. The Labute approximate surface area is 162 Å². The number of phenols is 1. The maximum absolute atomic E-state index is 12.7. The number of ether oxygens (including phenoxy) is 3. The van der Waals surface area contributed by atoms with Gasteiger partial charge in [-0.05, 0) is 45.0 Å². The summed E-state index contributed by atoms with van der Waals surface area (Å²) >= 11 is 0. The largest absolute Gasteiger partial charge is 0.507 e. The van der Waals surface area contributed by atoms with E-state index in [1.807, 2.05) is 20.8 Å². The summed E-state index contributed by atoms with van der Waals surface area (Å²) in [4.78, 5) is 23.6. The molecule has 0 unspecified atom stereocenters. The molecule has 2 aromatic rings. The smallest absolute Gasteiger partial charge is 0.339 e. The number of carbonyl (C=O) groups excluding carboxylic acids is 1. The zero-order valence-corrected chi connectivity index (χ0v) is 15.9. The van der Waals surface area contributed by atoms with Crippen LogP contribution in [0, 0.1) is 0 Å². The molecule has 2 aromatic carbocycles. The quantitative estimate of drug-likeness (QED) is 0.601. The number of carboxylic acids is 1. The van der Waals surface area contributed by atoms with E-state index in [1.165, 1.54) is 30.3 Å². The lowest BCUT2D eigenvalue weighted by Crippen LogP contribution is -2.13. The minimum atomic E-state index is -1.26. The number of anilines is 1. The fraction of sp³-hybridized carbons (Fsp3) is 0.300. The van der Waals surface area contributed by atoms with Gasteiger partial charge in [-0.25, -0.2) is 4.79 Å². The van der Waals surface area contributed by atoms with Gasteiger partial charge in [0.15, 0.2) is 11.5 Å². The molecule has 150 valence electrons. The van der Waals surface area contributed by atoms with Crippen molar-refractivity contribution in [2.75, 3.05) is 25.1 Å². The molecule has 0 fully saturated rings. The van der Waals surface area contributed by atoms with Gasteiger partial charge in [-0.3, -0.25) is 4.79 Å². The molecule has 0 bridgehead atoms.